The van der Waals surface area contributed by atoms with Gasteiger partial charge in [0.25, 0.3) is 0 Å². The van der Waals surface area contributed by atoms with E-state index >= 15 is 0 Å². The molecule has 0 atom stereocenters. The molecule has 86 valence electrons. The number of rotatable bonds is 3. The molecule has 4 nitrogen and oxygen atoms in total. The van der Waals surface area contributed by atoms with Crippen molar-refractivity contribution in [1.29, 1.82) is 0 Å². The van der Waals surface area contributed by atoms with E-state index < -0.39 is 11.9 Å². The predicted octanol–water partition coefficient (Wildman–Crippen LogP) is 2.67. The number of carbonyl (C=O) groups excluding carboxylic acids is 1. The highest BCUT2D eigenvalue weighted by atomic mass is 79.9. The van der Waals surface area contributed by atoms with Crippen LogP contribution in [0.3, 0.4) is 0 Å². The normalized spacial score (nSPS) is 10.4. The quantitative estimate of drug-likeness (QED) is 0.687. The van der Waals surface area contributed by atoms with Gasteiger partial charge < -0.3 is 4.74 Å². The van der Waals surface area contributed by atoms with Crippen LogP contribution in [0.15, 0.2) is 27.8 Å². The minimum absolute atomic E-state index is 0.257. The number of hydrogen-bond donors (Lipinski definition) is 1. The first kappa shape index (κ1) is 12.6. The van der Waals surface area contributed by atoms with E-state index in [4.69, 9.17) is 0 Å². The van der Waals surface area contributed by atoms with Crippen molar-refractivity contribution in [3.05, 3.63) is 34.1 Å². The largest absolute Gasteiger partial charge is 0.449 e. The Morgan fingerprint density at radius 2 is 2.44 bits per heavy atom. The molecule has 0 aromatic heterocycles. The van der Waals surface area contributed by atoms with E-state index in [1.165, 1.54) is 12.3 Å². The summed E-state index contributed by atoms with van der Waals surface area (Å²) in [6.45, 7) is 1.93. The van der Waals surface area contributed by atoms with Crippen molar-refractivity contribution in [2.24, 2.45) is 5.10 Å². The molecule has 0 saturated carbocycles. The fourth-order valence-electron chi connectivity index (χ4n) is 0.931. The van der Waals surface area contributed by atoms with Gasteiger partial charge >= 0.3 is 6.09 Å². The van der Waals surface area contributed by atoms with Crippen LogP contribution in [0.5, 0.6) is 0 Å². The number of benzene rings is 1. The fraction of sp³-hybridized carbons (Fsp3) is 0.200. The van der Waals surface area contributed by atoms with Gasteiger partial charge in [-0.1, -0.05) is 15.9 Å². The van der Waals surface area contributed by atoms with Crippen LogP contribution in [0.4, 0.5) is 9.18 Å². The number of nitrogens with one attached hydrogen (secondary N) is 1. The maximum atomic E-state index is 13.2. The van der Waals surface area contributed by atoms with Crippen LogP contribution < -0.4 is 5.43 Å². The maximum Gasteiger partial charge on any atom is 0.427 e. The summed E-state index contributed by atoms with van der Waals surface area (Å²) < 4.78 is 18.5. The molecule has 0 spiro atoms. The molecule has 0 fully saturated rings. The Morgan fingerprint density at radius 1 is 1.69 bits per heavy atom. The average Bonchev–Trinajstić information content (AvgIpc) is 2.23. The highest BCUT2D eigenvalue weighted by Gasteiger charge is 2.00. The van der Waals surface area contributed by atoms with Crippen LogP contribution >= 0.6 is 15.9 Å². The number of hydrazone groups is 1. The van der Waals surface area contributed by atoms with Gasteiger partial charge in [-0.25, -0.2) is 14.6 Å². The first-order valence-corrected chi connectivity index (χ1v) is 5.33. The Labute approximate surface area is 101 Å². The van der Waals surface area contributed by atoms with Gasteiger partial charge in [0.2, 0.25) is 0 Å². The second-order valence-corrected chi connectivity index (χ2v) is 3.67. The van der Waals surface area contributed by atoms with Gasteiger partial charge in [-0.05, 0) is 25.1 Å². The van der Waals surface area contributed by atoms with Gasteiger partial charge in [0.15, 0.2) is 0 Å². The molecule has 16 heavy (non-hydrogen) atoms. The second kappa shape index (κ2) is 6.22. The molecular formula is C10H10BrFN2O2. The van der Waals surface area contributed by atoms with Crippen LogP contribution in [0, 0.1) is 5.82 Å². The highest BCUT2D eigenvalue weighted by molar-refractivity contribution is 9.10. The molecule has 0 radical (unpaired) electrons. The molecule has 0 unspecified atom stereocenters. The lowest BCUT2D eigenvalue weighted by Gasteiger charge is -1.99. The van der Waals surface area contributed by atoms with Gasteiger partial charge in [-0.3, -0.25) is 0 Å². The molecule has 0 heterocycles. The van der Waals surface area contributed by atoms with Gasteiger partial charge in [-0.2, -0.15) is 5.10 Å². The summed E-state index contributed by atoms with van der Waals surface area (Å²) in [5.74, 6) is -0.419. The van der Waals surface area contributed by atoms with E-state index in [1.807, 2.05) is 0 Å². The average molecular weight is 289 g/mol. The van der Waals surface area contributed by atoms with Crippen molar-refractivity contribution >= 4 is 28.2 Å². The summed E-state index contributed by atoms with van der Waals surface area (Å²) >= 11 is 3.20. The van der Waals surface area contributed by atoms with Crippen molar-refractivity contribution in [2.75, 3.05) is 6.61 Å². The van der Waals surface area contributed by atoms with Gasteiger partial charge in [-0.15, -0.1) is 0 Å². The zero-order chi connectivity index (χ0) is 12.0. The molecule has 0 aliphatic heterocycles. The maximum absolute atomic E-state index is 13.2. The Bertz CT molecular complexity index is 410. The highest BCUT2D eigenvalue weighted by Crippen LogP contribution is 2.13. The Hall–Kier alpha value is -1.43. The molecule has 0 saturated heterocycles. The first-order valence-electron chi connectivity index (χ1n) is 4.54. The number of nitrogens with zero attached hydrogens (tertiary/aromatic N) is 1. The molecule has 1 aromatic carbocycles. The van der Waals surface area contributed by atoms with Crippen molar-refractivity contribution in [3.63, 3.8) is 0 Å². The van der Waals surface area contributed by atoms with Gasteiger partial charge in [0.05, 0.1) is 12.8 Å². The topological polar surface area (TPSA) is 50.7 Å². The number of ether oxygens (including phenoxy) is 1. The number of halogens is 2. The SMILES string of the molecule is CCOC(=O)N/N=C/c1cc(Br)ccc1F. The summed E-state index contributed by atoms with van der Waals surface area (Å²) in [5, 5.41) is 3.55. The number of amides is 1. The van der Waals surface area contributed by atoms with Crippen LogP contribution in [-0.4, -0.2) is 18.9 Å². The third kappa shape index (κ3) is 3.98. The molecule has 0 aliphatic rings. The Kier molecular flexibility index (Phi) is 4.91. The smallest absolute Gasteiger partial charge is 0.427 e. The predicted molar refractivity (Wildman–Crippen MR) is 61.9 cm³/mol. The summed E-state index contributed by atoms with van der Waals surface area (Å²) in [5.41, 5.74) is 2.37. The summed E-state index contributed by atoms with van der Waals surface area (Å²) in [4.78, 5) is 10.8. The zero-order valence-electron chi connectivity index (χ0n) is 8.54. The third-order valence-corrected chi connectivity index (χ3v) is 2.09. The molecule has 6 heteroatoms. The zero-order valence-corrected chi connectivity index (χ0v) is 10.1. The first-order chi connectivity index (χ1) is 7.63. The number of carbonyl (C=O) groups is 1. The third-order valence-electron chi connectivity index (χ3n) is 1.59. The van der Waals surface area contributed by atoms with Crippen LogP contribution in [0.2, 0.25) is 0 Å². The fourth-order valence-corrected chi connectivity index (χ4v) is 1.31. The Balaban J connectivity index is 2.62. The van der Waals surface area contributed by atoms with Crippen LogP contribution in [0.1, 0.15) is 12.5 Å². The van der Waals surface area contributed by atoms with Crippen molar-refractivity contribution < 1.29 is 13.9 Å². The lowest BCUT2D eigenvalue weighted by Crippen LogP contribution is -2.18. The minimum Gasteiger partial charge on any atom is -0.449 e. The lowest BCUT2D eigenvalue weighted by atomic mass is 10.2. The van der Waals surface area contributed by atoms with Gasteiger partial charge in [0.1, 0.15) is 5.82 Å². The van der Waals surface area contributed by atoms with Crippen molar-refractivity contribution in [1.82, 2.24) is 5.43 Å². The summed E-state index contributed by atoms with van der Waals surface area (Å²) in [6.07, 6.45) is 0.533. The van der Waals surface area contributed by atoms with Gasteiger partial charge in [0, 0.05) is 10.0 Å². The number of hydrogen-bond acceptors (Lipinski definition) is 3. The van der Waals surface area contributed by atoms with E-state index in [0.29, 0.717) is 0 Å². The molecule has 0 aliphatic carbocycles. The van der Waals surface area contributed by atoms with Crippen LogP contribution in [-0.2, 0) is 4.74 Å². The Morgan fingerprint density at radius 3 is 3.12 bits per heavy atom. The van der Waals surface area contributed by atoms with E-state index in [-0.39, 0.29) is 12.2 Å². The molecule has 1 rings (SSSR count). The summed E-state index contributed by atoms with van der Waals surface area (Å²) in [7, 11) is 0. The standard InChI is InChI=1S/C10H10BrFN2O2/c1-2-16-10(15)14-13-6-7-5-8(11)3-4-9(7)12/h3-6H,2H2,1H3,(H,14,15)/b13-6+. The summed E-state index contributed by atoms with van der Waals surface area (Å²) in [6, 6.07) is 4.42. The van der Waals surface area contributed by atoms with E-state index in [2.05, 4.69) is 31.2 Å². The van der Waals surface area contributed by atoms with E-state index in [0.717, 1.165) is 4.47 Å². The lowest BCUT2D eigenvalue weighted by molar-refractivity contribution is 0.152. The molecule has 0 bridgehead atoms. The van der Waals surface area contributed by atoms with Crippen LogP contribution in [0.25, 0.3) is 0 Å². The van der Waals surface area contributed by atoms with E-state index in [9.17, 15) is 9.18 Å². The molecular weight excluding hydrogens is 279 g/mol. The minimum atomic E-state index is -0.672. The molecule has 1 amide bonds. The monoisotopic (exact) mass is 288 g/mol. The molecule has 1 aromatic rings. The van der Waals surface area contributed by atoms with E-state index in [1.54, 1.807) is 19.1 Å². The molecule has 1 N–H and O–H groups in total. The van der Waals surface area contributed by atoms with Crippen molar-refractivity contribution in [3.8, 4) is 0 Å². The second-order valence-electron chi connectivity index (χ2n) is 2.76. The van der Waals surface area contributed by atoms with Crippen molar-refractivity contribution in [2.45, 2.75) is 6.92 Å².